The molecule has 0 aliphatic carbocycles. The fraction of sp³-hybridized carbons (Fsp3) is 1.00. The Morgan fingerprint density at radius 1 is 0.788 bits per heavy atom. The van der Waals surface area contributed by atoms with Crippen LogP contribution in [0.3, 0.4) is 0 Å². The molecule has 2 unspecified atom stereocenters. The Morgan fingerprint density at radius 3 is 1.67 bits per heavy atom. The Bertz CT molecular complexity index is 474. The number of nitrogens with zero attached hydrogens (tertiary/aromatic N) is 1. The van der Waals surface area contributed by atoms with E-state index in [-0.39, 0.29) is 19.8 Å². The van der Waals surface area contributed by atoms with Crippen LogP contribution in [0.2, 0.25) is 0 Å². The zero-order valence-electron chi connectivity index (χ0n) is 22.2. The van der Waals surface area contributed by atoms with E-state index in [1.165, 1.54) is 83.5 Å². The second kappa shape index (κ2) is 21.3. The molecule has 0 heterocycles. The van der Waals surface area contributed by atoms with E-state index in [1.54, 1.807) is 0 Å². The van der Waals surface area contributed by atoms with E-state index in [9.17, 15) is 9.46 Å². The van der Waals surface area contributed by atoms with E-state index in [2.05, 4.69) is 6.92 Å². The number of hydrogen-bond donors (Lipinski definition) is 1. The van der Waals surface area contributed by atoms with Crippen molar-refractivity contribution in [2.45, 2.75) is 109 Å². The van der Waals surface area contributed by atoms with E-state index in [0.717, 1.165) is 12.8 Å². The Hall–Kier alpha value is -0.0100. The van der Waals surface area contributed by atoms with Gasteiger partial charge in [0.05, 0.1) is 27.7 Å². The van der Waals surface area contributed by atoms with E-state index in [0.29, 0.717) is 17.6 Å². The third kappa shape index (κ3) is 24.9. The van der Waals surface area contributed by atoms with Gasteiger partial charge < -0.3 is 28.9 Å². The number of likely N-dealkylation sites (N-methyl/N-ethyl adjacent to an activating group) is 1. The maximum Gasteiger partial charge on any atom is 0.268 e. The molecular formula is C25H55N2O5P. The summed E-state index contributed by atoms with van der Waals surface area (Å²) in [6.07, 6.45) is 19.2. The normalized spacial score (nSPS) is 15.0. The molecule has 7 nitrogen and oxygen atoms in total. The first-order chi connectivity index (χ1) is 15.7. The quantitative estimate of drug-likeness (QED) is 0.104. The zero-order chi connectivity index (χ0) is 24.8. The number of quaternary nitrogens is 1. The van der Waals surface area contributed by atoms with Crippen molar-refractivity contribution < 1.29 is 27.7 Å². The van der Waals surface area contributed by atoms with E-state index in [1.807, 2.05) is 21.1 Å². The topological polar surface area (TPSA) is 93.8 Å². The molecule has 0 aliphatic rings. The summed E-state index contributed by atoms with van der Waals surface area (Å²) >= 11 is 0. The molecule has 0 amide bonds. The molecule has 2 atom stereocenters. The SMILES string of the molecule is CCCCCCCCCCCCCCCCCOCC(CN)OP(=O)([O-])OCC[N+](C)(C)C. The highest BCUT2D eigenvalue weighted by Gasteiger charge is 2.19. The lowest BCUT2D eigenvalue weighted by Gasteiger charge is -2.29. The summed E-state index contributed by atoms with van der Waals surface area (Å²) in [5.41, 5.74) is 5.63. The van der Waals surface area contributed by atoms with Crippen LogP contribution in [-0.2, 0) is 18.3 Å². The van der Waals surface area contributed by atoms with Crippen LogP contribution in [-0.4, -0.2) is 64.6 Å². The maximum absolute atomic E-state index is 11.9. The van der Waals surface area contributed by atoms with Gasteiger partial charge in [0.1, 0.15) is 19.3 Å². The molecule has 0 aromatic heterocycles. The van der Waals surface area contributed by atoms with Gasteiger partial charge in [-0.1, -0.05) is 96.8 Å². The molecule has 0 spiro atoms. The van der Waals surface area contributed by atoms with E-state index in [4.69, 9.17) is 19.5 Å². The molecule has 0 aromatic carbocycles. The van der Waals surface area contributed by atoms with Crippen molar-refractivity contribution in [3.8, 4) is 0 Å². The minimum atomic E-state index is -4.36. The number of nitrogens with two attached hydrogens (primary N) is 1. The molecule has 0 aromatic rings. The Morgan fingerprint density at radius 2 is 1.24 bits per heavy atom. The average molecular weight is 495 g/mol. The van der Waals surface area contributed by atoms with Gasteiger partial charge in [0.15, 0.2) is 0 Å². The van der Waals surface area contributed by atoms with E-state index >= 15 is 0 Å². The maximum atomic E-state index is 11.9. The van der Waals surface area contributed by atoms with Gasteiger partial charge in [0.25, 0.3) is 7.82 Å². The number of rotatable bonds is 25. The largest absolute Gasteiger partial charge is 0.756 e. The number of phosphoric acid groups is 1. The fourth-order valence-electron chi connectivity index (χ4n) is 3.57. The first-order valence-electron chi connectivity index (χ1n) is 13.4. The molecule has 0 radical (unpaired) electrons. The molecule has 33 heavy (non-hydrogen) atoms. The molecule has 200 valence electrons. The average Bonchev–Trinajstić information content (AvgIpc) is 2.73. The van der Waals surface area contributed by atoms with Crippen molar-refractivity contribution in [3.05, 3.63) is 0 Å². The third-order valence-corrected chi connectivity index (χ3v) is 6.80. The van der Waals surface area contributed by atoms with Gasteiger partial charge in [-0.2, -0.15) is 0 Å². The van der Waals surface area contributed by atoms with Crippen LogP contribution in [0.25, 0.3) is 0 Å². The lowest BCUT2D eigenvalue weighted by Crippen LogP contribution is -2.38. The molecule has 0 saturated heterocycles. The molecule has 0 fully saturated rings. The molecule has 8 heteroatoms. The number of phosphoric ester groups is 1. The minimum absolute atomic E-state index is 0.0732. The van der Waals surface area contributed by atoms with Crippen LogP contribution in [0.5, 0.6) is 0 Å². The van der Waals surface area contributed by atoms with Gasteiger partial charge in [0.2, 0.25) is 0 Å². The van der Waals surface area contributed by atoms with Crippen molar-refractivity contribution in [2.24, 2.45) is 5.73 Å². The van der Waals surface area contributed by atoms with Crippen LogP contribution in [0, 0.1) is 0 Å². The van der Waals surface area contributed by atoms with Crippen LogP contribution in [0.4, 0.5) is 0 Å². The Labute approximate surface area is 204 Å². The van der Waals surface area contributed by atoms with Crippen molar-refractivity contribution in [2.75, 3.05) is 54.1 Å². The molecule has 0 saturated carbocycles. The van der Waals surface area contributed by atoms with Gasteiger partial charge in [0, 0.05) is 13.2 Å². The fourth-order valence-corrected chi connectivity index (χ4v) is 4.45. The summed E-state index contributed by atoms with van der Waals surface area (Å²) in [5, 5.41) is 0. The lowest BCUT2D eigenvalue weighted by atomic mass is 10.0. The van der Waals surface area contributed by atoms with Crippen LogP contribution in [0.15, 0.2) is 0 Å². The summed E-state index contributed by atoms with van der Waals surface area (Å²) in [5.74, 6) is 0. The second-order valence-corrected chi connectivity index (χ2v) is 11.6. The first kappa shape index (κ1) is 33.0. The van der Waals surface area contributed by atoms with Crippen molar-refractivity contribution >= 4 is 7.82 Å². The lowest BCUT2D eigenvalue weighted by molar-refractivity contribution is -0.870. The van der Waals surface area contributed by atoms with Crippen molar-refractivity contribution in [1.29, 1.82) is 0 Å². The summed E-state index contributed by atoms with van der Waals surface area (Å²) in [6.45, 7) is 3.76. The van der Waals surface area contributed by atoms with Gasteiger partial charge in [-0.15, -0.1) is 0 Å². The monoisotopic (exact) mass is 494 g/mol. The Balaban J connectivity index is 3.52. The van der Waals surface area contributed by atoms with Crippen molar-refractivity contribution in [1.82, 2.24) is 0 Å². The summed E-state index contributed by atoms with van der Waals surface area (Å²) in [6, 6.07) is 0. The third-order valence-electron chi connectivity index (χ3n) is 5.75. The highest BCUT2D eigenvalue weighted by molar-refractivity contribution is 7.45. The number of hydrogen-bond acceptors (Lipinski definition) is 6. The summed E-state index contributed by atoms with van der Waals surface area (Å²) in [4.78, 5) is 11.9. The molecular weight excluding hydrogens is 439 g/mol. The summed E-state index contributed by atoms with van der Waals surface area (Å²) in [7, 11) is 1.54. The zero-order valence-corrected chi connectivity index (χ0v) is 23.1. The summed E-state index contributed by atoms with van der Waals surface area (Å²) < 4.78 is 28.1. The highest BCUT2D eigenvalue weighted by Crippen LogP contribution is 2.39. The molecule has 2 N–H and O–H groups in total. The minimum Gasteiger partial charge on any atom is -0.756 e. The van der Waals surface area contributed by atoms with Gasteiger partial charge in [-0.3, -0.25) is 4.57 Å². The number of ether oxygens (including phenoxy) is 1. The Kier molecular flexibility index (Phi) is 21.3. The van der Waals surface area contributed by atoms with Crippen molar-refractivity contribution in [3.63, 3.8) is 0 Å². The predicted molar refractivity (Wildman–Crippen MR) is 136 cm³/mol. The van der Waals surface area contributed by atoms with Crippen LogP contribution in [0.1, 0.15) is 103 Å². The molecule has 0 aliphatic heterocycles. The van der Waals surface area contributed by atoms with E-state index < -0.39 is 13.9 Å². The first-order valence-corrected chi connectivity index (χ1v) is 14.9. The standard InChI is InChI=1S/C25H55N2O5P/c1-5-6-7-8-9-10-11-12-13-14-15-16-17-18-19-21-30-24-25(23-26)32-33(28,29)31-22-20-27(2,3)4/h25H,5-24,26H2,1-4H3. The van der Waals surface area contributed by atoms with Crippen LogP contribution >= 0.6 is 7.82 Å². The van der Waals surface area contributed by atoms with Gasteiger partial charge in [-0.25, -0.2) is 0 Å². The molecule has 0 bridgehead atoms. The molecule has 0 rings (SSSR count). The highest BCUT2D eigenvalue weighted by atomic mass is 31.2. The van der Waals surface area contributed by atoms with Gasteiger partial charge in [-0.05, 0) is 6.42 Å². The predicted octanol–water partition coefficient (Wildman–Crippen LogP) is 5.41. The van der Waals surface area contributed by atoms with Crippen LogP contribution < -0.4 is 10.6 Å². The number of unbranched alkanes of at least 4 members (excludes halogenated alkanes) is 14. The second-order valence-electron chi connectivity index (χ2n) is 10.3. The van der Waals surface area contributed by atoms with Gasteiger partial charge >= 0.3 is 0 Å². The smallest absolute Gasteiger partial charge is 0.268 e.